The Hall–Kier alpha value is -1.47. The highest BCUT2D eigenvalue weighted by Crippen LogP contribution is 2.26. The van der Waals surface area contributed by atoms with Gasteiger partial charge in [-0.3, -0.25) is 9.69 Å². The molecule has 1 amide bonds. The highest BCUT2D eigenvalue weighted by Gasteiger charge is 2.36. The predicted molar refractivity (Wildman–Crippen MR) is 108 cm³/mol. The highest BCUT2D eigenvalue weighted by atomic mass is 16.3. The van der Waals surface area contributed by atoms with E-state index in [1.165, 1.54) is 11.1 Å². The molecule has 0 saturated carbocycles. The molecule has 1 aromatic carbocycles. The molecule has 2 N–H and O–H groups in total. The summed E-state index contributed by atoms with van der Waals surface area (Å²) in [5.41, 5.74) is 2.74. The van der Waals surface area contributed by atoms with E-state index < -0.39 is 0 Å². The minimum Gasteiger partial charge on any atom is -0.396 e. The van der Waals surface area contributed by atoms with Crippen LogP contribution >= 0.6 is 0 Å². The number of piperidine rings is 1. The van der Waals surface area contributed by atoms with Crippen LogP contribution in [0.15, 0.2) is 24.3 Å². The van der Waals surface area contributed by atoms with Gasteiger partial charge >= 0.3 is 0 Å². The van der Waals surface area contributed by atoms with Gasteiger partial charge in [0.2, 0.25) is 5.91 Å². The molecule has 3 aliphatic rings. The van der Waals surface area contributed by atoms with E-state index in [1.807, 2.05) is 4.90 Å². The standard InChI is InChI=1S/C22H33N3O3/c26-16-20-14-25(13-19(20)12-23-9-6-21(27)7-10-23)22(28)15-24-8-5-17-3-1-2-4-18(17)11-24/h1-4,19-21,26-27H,5-16H2/t19-,20-/m1/s1. The van der Waals surface area contributed by atoms with Crippen molar-refractivity contribution in [2.75, 3.05) is 52.4 Å². The largest absolute Gasteiger partial charge is 0.396 e. The molecule has 0 aliphatic carbocycles. The van der Waals surface area contributed by atoms with Crippen LogP contribution in [0.25, 0.3) is 0 Å². The van der Waals surface area contributed by atoms with Crippen molar-refractivity contribution in [3.05, 3.63) is 35.4 Å². The fraction of sp³-hybridized carbons (Fsp3) is 0.682. The van der Waals surface area contributed by atoms with Crippen molar-refractivity contribution in [1.82, 2.24) is 14.7 Å². The smallest absolute Gasteiger partial charge is 0.236 e. The van der Waals surface area contributed by atoms with Crippen LogP contribution in [0.5, 0.6) is 0 Å². The number of carbonyl (C=O) groups is 1. The number of rotatable bonds is 5. The lowest BCUT2D eigenvalue weighted by molar-refractivity contribution is -0.131. The minimum absolute atomic E-state index is 0.141. The number of likely N-dealkylation sites (tertiary alicyclic amines) is 2. The van der Waals surface area contributed by atoms with E-state index in [2.05, 4.69) is 34.1 Å². The van der Waals surface area contributed by atoms with Gasteiger partial charge < -0.3 is 20.0 Å². The summed E-state index contributed by atoms with van der Waals surface area (Å²) in [5, 5.41) is 19.5. The Bertz CT molecular complexity index is 675. The molecular weight excluding hydrogens is 354 g/mol. The van der Waals surface area contributed by atoms with E-state index in [0.717, 1.165) is 58.5 Å². The van der Waals surface area contributed by atoms with Crippen molar-refractivity contribution in [3.8, 4) is 0 Å². The van der Waals surface area contributed by atoms with Crippen LogP contribution in [0.1, 0.15) is 24.0 Å². The first-order valence-corrected chi connectivity index (χ1v) is 10.7. The lowest BCUT2D eigenvalue weighted by Gasteiger charge is -2.32. The molecule has 2 saturated heterocycles. The monoisotopic (exact) mass is 387 g/mol. The fourth-order valence-corrected chi connectivity index (χ4v) is 4.97. The molecule has 0 aromatic heterocycles. The molecule has 2 atom stereocenters. The molecule has 1 aromatic rings. The Balaban J connectivity index is 1.30. The highest BCUT2D eigenvalue weighted by molar-refractivity contribution is 5.78. The van der Waals surface area contributed by atoms with Gasteiger partial charge in [0.1, 0.15) is 0 Å². The molecule has 2 fully saturated rings. The summed E-state index contributed by atoms with van der Waals surface area (Å²) in [7, 11) is 0. The second-order valence-electron chi connectivity index (χ2n) is 8.76. The third-order valence-corrected chi connectivity index (χ3v) is 6.78. The third kappa shape index (κ3) is 4.57. The van der Waals surface area contributed by atoms with Crippen molar-refractivity contribution in [2.45, 2.75) is 31.9 Å². The number of fused-ring (bicyclic) bond motifs is 1. The van der Waals surface area contributed by atoms with E-state index in [-0.39, 0.29) is 24.5 Å². The van der Waals surface area contributed by atoms with E-state index in [9.17, 15) is 15.0 Å². The van der Waals surface area contributed by atoms with Crippen LogP contribution < -0.4 is 0 Å². The number of aliphatic hydroxyl groups excluding tert-OH is 2. The lowest BCUT2D eigenvalue weighted by atomic mass is 9.95. The summed E-state index contributed by atoms with van der Waals surface area (Å²) in [6.45, 7) is 6.54. The number of aliphatic hydroxyl groups is 2. The van der Waals surface area contributed by atoms with Crippen LogP contribution in [-0.2, 0) is 17.8 Å². The molecule has 0 unspecified atom stereocenters. The molecule has 0 radical (unpaired) electrons. The zero-order valence-electron chi connectivity index (χ0n) is 16.7. The van der Waals surface area contributed by atoms with Gasteiger partial charge in [-0.05, 0) is 36.3 Å². The van der Waals surface area contributed by atoms with Gasteiger partial charge in [0.15, 0.2) is 0 Å². The number of nitrogens with zero attached hydrogens (tertiary/aromatic N) is 3. The number of amides is 1. The van der Waals surface area contributed by atoms with Gasteiger partial charge in [-0.25, -0.2) is 0 Å². The molecule has 3 heterocycles. The Morgan fingerprint density at radius 3 is 2.46 bits per heavy atom. The third-order valence-electron chi connectivity index (χ3n) is 6.78. The van der Waals surface area contributed by atoms with Gasteiger partial charge in [0.05, 0.1) is 12.6 Å². The molecular formula is C22H33N3O3. The Morgan fingerprint density at radius 2 is 1.71 bits per heavy atom. The summed E-state index contributed by atoms with van der Waals surface area (Å²) in [6.07, 6.45) is 2.50. The van der Waals surface area contributed by atoms with E-state index >= 15 is 0 Å². The summed E-state index contributed by atoms with van der Waals surface area (Å²) in [4.78, 5) is 19.5. The predicted octanol–water partition coefficient (Wildman–Crippen LogP) is 0.568. The van der Waals surface area contributed by atoms with Crippen molar-refractivity contribution >= 4 is 5.91 Å². The molecule has 28 heavy (non-hydrogen) atoms. The average Bonchev–Trinajstić information content (AvgIpc) is 3.12. The van der Waals surface area contributed by atoms with Crippen LogP contribution in [0.2, 0.25) is 0 Å². The quantitative estimate of drug-likeness (QED) is 0.773. The van der Waals surface area contributed by atoms with Crippen molar-refractivity contribution < 1.29 is 15.0 Å². The normalized spacial score (nSPS) is 27.1. The number of hydrogen-bond donors (Lipinski definition) is 2. The average molecular weight is 388 g/mol. The number of benzene rings is 1. The van der Waals surface area contributed by atoms with E-state index in [4.69, 9.17) is 0 Å². The summed E-state index contributed by atoms with van der Waals surface area (Å²) < 4.78 is 0. The minimum atomic E-state index is -0.166. The maximum atomic E-state index is 12.9. The SMILES string of the molecule is O=C(CN1CCc2ccccc2C1)N1C[C@@H](CN2CCC(O)CC2)[C@@H](CO)C1. The van der Waals surface area contributed by atoms with E-state index in [1.54, 1.807) is 0 Å². The second kappa shape index (κ2) is 8.91. The number of carbonyl (C=O) groups excluding carboxylic acids is 1. The first-order chi connectivity index (χ1) is 13.6. The topological polar surface area (TPSA) is 67.3 Å². The van der Waals surface area contributed by atoms with Gasteiger partial charge in [0, 0.05) is 58.3 Å². The molecule has 3 aliphatic heterocycles. The summed E-state index contributed by atoms with van der Waals surface area (Å²) >= 11 is 0. The van der Waals surface area contributed by atoms with Crippen molar-refractivity contribution in [2.24, 2.45) is 11.8 Å². The zero-order chi connectivity index (χ0) is 19.5. The molecule has 6 heteroatoms. The van der Waals surface area contributed by atoms with Crippen LogP contribution in [-0.4, -0.2) is 89.3 Å². The van der Waals surface area contributed by atoms with Crippen LogP contribution in [0, 0.1) is 11.8 Å². The van der Waals surface area contributed by atoms with Crippen LogP contribution in [0.3, 0.4) is 0 Å². The van der Waals surface area contributed by atoms with Gasteiger partial charge in [-0.2, -0.15) is 0 Å². The molecule has 154 valence electrons. The first-order valence-electron chi connectivity index (χ1n) is 10.7. The maximum absolute atomic E-state index is 12.9. The Kier molecular flexibility index (Phi) is 6.31. The van der Waals surface area contributed by atoms with Gasteiger partial charge in [0.25, 0.3) is 0 Å². The van der Waals surface area contributed by atoms with Gasteiger partial charge in [-0.15, -0.1) is 0 Å². The zero-order valence-corrected chi connectivity index (χ0v) is 16.7. The Labute approximate surface area is 167 Å². The number of hydrogen-bond acceptors (Lipinski definition) is 5. The fourth-order valence-electron chi connectivity index (χ4n) is 4.97. The molecule has 0 spiro atoms. The van der Waals surface area contributed by atoms with Gasteiger partial charge in [-0.1, -0.05) is 24.3 Å². The van der Waals surface area contributed by atoms with Crippen molar-refractivity contribution in [1.29, 1.82) is 0 Å². The first kappa shape index (κ1) is 19.8. The lowest BCUT2D eigenvalue weighted by Crippen LogP contribution is -2.42. The molecule has 6 nitrogen and oxygen atoms in total. The Morgan fingerprint density at radius 1 is 1.00 bits per heavy atom. The van der Waals surface area contributed by atoms with Crippen molar-refractivity contribution in [3.63, 3.8) is 0 Å². The summed E-state index contributed by atoms with van der Waals surface area (Å²) in [6, 6.07) is 8.50. The molecule has 4 rings (SSSR count). The van der Waals surface area contributed by atoms with E-state index in [0.29, 0.717) is 19.0 Å². The van der Waals surface area contributed by atoms with Crippen LogP contribution in [0.4, 0.5) is 0 Å². The second-order valence-corrected chi connectivity index (χ2v) is 8.76. The molecule has 0 bridgehead atoms. The summed E-state index contributed by atoms with van der Waals surface area (Å²) in [5.74, 6) is 0.679. The maximum Gasteiger partial charge on any atom is 0.236 e.